The van der Waals surface area contributed by atoms with E-state index in [1.54, 1.807) is 0 Å². The zero-order valence-corrected chi connectivity index (χ0v) is 36.5. The van der Waals surface area contributed by atoms with Crippen LogP contribution in [0, 0.1) is 0 Å². The first kappa shape index (κ1) is 35.7. The van der Waals surface area contributed by atoms with Crippen LogP contribution in [-0.4, -0.2) is 8.07 Å². The molecule has 1 aliphatic heterocycles. The van der Waals surface area contributed by atoms with Crippen LogP contribution in [0.1, 0.15) is 25.0 Å². The van der Waals surface area contributed by atoms with Crippen LogP contribution in [0.25, 0.3) is 109 Å². The molecule has 0 nitrogen and oxygen atoms in total. The molecular weight excluding hydrogens is 761 g/mol. The van der Waals surface area contributed by atoms with E-state index in [-0.39, 0.29) is 5.41 Å². The first-order valence-electron chi connectivity index (χ1n) is 22.1. The number of hydrogen-bond acceptors (Lipinski definition) is 0. The Morgan fingerprint density at radius 1 is 0.306 bits per heavy atom. The summed E-state index contributed by atoms with van der Waals surface area (Å²) in [4.78, 5) is 0. The van der Waals surface area contributed by atoms with E-state index < -0.39 is 8.07 Å². The lowest BCUT2D eigenvalue weighted by atomic mass is 9.79. The number of benzene rings is 11. The second-order valence-corrected chi connectivity index (χ2v) is 23.1. The molecule has 0 fully saturated rings. The van der Waals surface area contributed by atoms with E-state index >= 15 is 0 Å². The summed E-state index contributed by atoms with van der Waals surface area (Å²) in [7, 11) is -2.04. The van der Waals surface area contributed by atoms with Gasteiger partial charge in [-0.1, -0.05) is 191 Å². The van der Waals surface area contributed by atoms with E-state index in [1.807, 2.05) is 0 Å². The lowest BCUT2D eigenvalue weighted by Crippen LogP contribution is -2.49. The van der Waals surface area contributed by atoms with Gasteiger partial charge in [-0.3, -0.25) is 0 Å². The Morgan fingerprint density at radius 2 is 0.919 bits per heavy atom. The van der Waals surface area contributed by atoms with E-state index in [0.717, 1.165) is 0 Å². The average Bonchev–Trinajstić information content (AvgIpc) is 3.68. The van der Waals surface area contributed by atoms with Gasteiger partial charge in [-0.25, -0.2) is 0 Å². The van der Waals surface area contributed by atoms with Crippen LogP contribution in [0.2, 0.25) is 13.1 Å². The molecule has 13 rings (SSSR count). The second-order valence-electron chi connectivity index (χ2n) is 18.8. The summed E-state index contributed by atoms with van der Waals surface area (Å²) in [6, 6.07) is 74.3. The quantitative estimate of drug-likeness (QED) is 0.0948. The van der Waals surface area contributed by atoms with Crippen molar-refractivity contribution in [2.24, 2.45) is 0 Å². The first-order chi connectivity index (χ1) is 30.3. The fourth-order valence-corrected chi connectivity index (χ4v) is 14.8. The van der Waals surface area contributed by atoms with Gasteiger partial charge in [0.15, 0.2) is 0 Å². The fourth-order valence-electron chi connectivity index (χ4n) is 11.7. The summed E-state index contributed by atoms with van der Waals surface area (Å²) in [5.74, 6) is 0. The zero-order valence-electron chi connectivity index (χ0n) is 35.5. The molecule has 0 saturated carbocycles. The Morgan fingerprint density at radius 3 is 1.77 bits per heavy atom. The van der Waals surface area contributed by atoms with Crippen LogP contribution < -0.4 is 10.4 Å². The SMILES string of the molecule is CC1(C)c2ccccc2-c2ccc(-c3c4cc(-c5ccc6ccccc6c5)ccc4c(-c4cc5ccccc5c5ccccc45)c4cc5c(cc34)[Si](C)(C)c3ccccc3-5)cc21. The lowest BCUT2D eigenvalue weighted by Gasteiger charge is -2.25. The Hall–Kier alpha value is -7.06. The minimum Gasteiger partial charge on any atom is -0.0623 e. The molecule has 11 aromatic rings. The average molecular weight is 805 g/mol. The summed E-state index contributed by atoms with van der Waals surface area (Å²) >= 11 is 0. The van der Waals surface area contributed by atoms with Gasteiger partial charge in [0.25, 0.3) is 0 Å². The minimum absolute atomic E-state index is 0.119. The highest BCUT2D eigenvalue weighted by Crippen LogP contribution is 2.53. The van der Waals surface area contributed by atoms with Crippen LogP contribution in [0.3, 0.4) is 0 Å². The third kappa shape index (κ3) is 4.89. The maximum absolute atomic E-state index is 2.65. The van der Waals surface area contributed by atoms with Crippen LogP contribution in [-0.2, 0) is 5.41 Å². The van der Waals surface area contributed by atoms with Crippen molar-refractivity contribution in [3.8, 4) is 55.6 Å². The Bertz CT molecular complexity index is 3750. The van der Waals surface area contributed by atoms with Crippen LogP contribution >= 0.6 is 0 Å². The highest BCUT2D eigenvalue weighted by atomic mass is 28.3. The summed E-state index contributed by atoms with van der Waals surface area (Å²) in [5.41, 5.74) is 15.9. The minimum atomic E-state index is -2.04. The van der Waals surface area contributed by atoms with Crippen molar-refractivity contribution < 1.29 is 0 Å². The van der Waals surface area contributed by atoms with Gasteiger partial charge < -0.3 is 0 Å². The molecule has 0 N–H and O–H groups in total. The molecule has 0 atom stereocenters. The normalized spacial score (nSPS) is 14.4. The maximum Gasteiger partial charge on any atom is 0.113 e. The van der Waals surface area contributed by atoms with Gasteiger partial charge in [-0.05, 0) is 161 Å². The van der Waals surface area contributed by atoms with Crippen LogP contribution in [0.15, 0.2) is 194 Å². The molecule has 1 heteroatoms. The second kappa shape index (κ2) is 12.7. The molecule has 0 aromatic heterocycles. The molecule has 0 bridgehead atoms. The van der Waals surface area contributed by atoms with Gasteiger partial charge in [-0.15, -0.1) is 0 Å². The topological polar surface area (TPSA) is 0 Å². The largest absolute Gasteiger partial charge is 0.113 e. The number of fused-ring (bicyclic) bond motifs is 12. The van der Waals surface area contributed by atoms with Crippen molar-refractivity contribution >= 4 is 72.3 Å². The van der Waals surface area contributed by atoms with Crippen LogP contribution in [0.5, 0.6) is 0 Å². The van der Waals surface area contributed by atoms with Crippen molar-refractivity contribution in [2.75, 3.05) is 0 Å². The van der Waals surface area contributed by atoms with E-state index in [0.29, 0.717) is 0 Å². The van der Waals surface area contributed by atoms with Gasteiger partial charge in [0.1, 0.15) is 8.07 Å². The molecule has 1 aliphatic carbocycles. The Labute approximate surface area is 363 Å². The van der Waals surface area contributed by atoms with Crippen LogP contribution in [0.4, 0.5) is 0 Å². The fraction of sp³-hybridized carbons (Fsp3) is 0.0820. The molecule has 11 aromatic carbocycles. The van der Waals surface area contributed by atoms with Gasteiger partial charge >= 0.3 is 0 Å². The summed E-state index contributed by atoms with van der Waals surface area (Å²) < 4.78 is 0. The first-order valence-corrected chi connectivity index (χ1v) is 25.1. The number of hydrogen-bond donors (Lipinski definition) is 0. The van der Waals surface area contributed by atoms with Gasteiger partial charge in [0.05, 0.1) is 0 Å². The molecule has 0 spiro atoms. The molecule has 0 radical (unpaired) electrons. The van der Waals surface area contributed by atoms with E-state index in [1.165, 1.54) is 131 Å². The summed E-state index contributed by atoms with van der Waals surface area (Å²) in [6.45, 7) is 9.91. The molecule has 1 heterocycles. The zero-order chi connectivity index (χ0) is 41.5. The molecular formula is C61H44Si. The third-order valence-electron chi connectivity index (χ3n) is 14.8. The highest BCUT2D eigenvalue weighted by Gasteiger charge is 2.39. The highest BCUT2D eigenvalue weighted by molar-refractivity contribution is 7.04. The third-order valence-corrected chi connectivity index (χ3v) is 18.4. The molecule has 0 amide bonds. The lowest BCUT2D eigenvalue weighted by molar-refractivity contribution is 0.660. The van der Waals surface area contributed by atoms with Crippen molar-refractivity contribution in [3.63, 3.8) is 0 Å². The predicted octanol–water partition coefficient (Wildman–Crippen LogP) is 15.6. The van der Waals surface area contributed by atoms with Crippen molar-refractivity contribution in [1.82, 2.24) is 0 Å². The molecule has 2 aliphatic rings. The Kier molecular flexibility index (Phi) is 7.33. The molecule has 0 unspecified atom stereocenters. The molecule has 0 saturated heterocycles. The van der Waals surface area contributed by atoms with Crippen molar-refractivity contribution in [3.05, 3.63) is 205 Å². The van der Waals surface area contributed by atoms with Gasteiger partial charge in [0, 0.05) is 5.41 Å². The van der Waals surface area contributed by atoms with Crippen molar-refractivity contribution in [2.45, 2.75) is 32.4 Å². The predicted molar refractivity (Wildman–Crippen MR) is 270 cm³/mol. The molecule has 62 heavy (non-hydrogen) atoms. The number of rotatable bonds is 3. The van der Waals surface area contributed by atoms with Gasteiger partial charge in [0.2, 0.25) is 0 Å². The smallest absolute Gasteiger partial charge is 0.0623 e. The van der Waals surface area contributed by atoms with E-state index in [4.69, 9.17) is 0 Å². The monoisotopic (exact) mass is 804 g/mol. The van der Waals surface area contributed by atoms with E-state index in [9.17, 15) is 0 Å². The van der Waals surface area contributed by atoms with Crippen molar-refractivity contribution in [1.29, 1.82) is 0 Å². The Balaban J connectivity index is 1.21. The summed E-state index contributed by atoms with van der Waals surface area (Å²) in [6.07, 6.45) is 0. The molecule has 292 valence electrons. The standard InChI is InChI=1S/C61H44Si/c1-61(2)55-23-13-11-21-46(55)47-29-28-42(34-56(47)61)59-52-32-40(39-26-25-37-15-5-6-16-38(37)31-39)27-30-49(52)60(51-33-41-17-7-8-18-43(41)44-19-9-10-20-45(44)51)53-35-50-48-22-12-14-24-57(48)62(3,4)58(50)36-54(53)59/h5-36H,1-4H3. The van der Waals surface area contributed by atoms with Gasteiger partial charge in [-0.2, -0.15) is 0 Å². The maximum atomic E-state index is 2.65. The van der Waals surface area contributed by atoms with E-state index in [2.05, 4.69) is 221 Å². The summed E-state index contributed by atoms with van der Waals surface area (Å²) in [5, 5.41) is 15.9.